The maximum atomic E-state index is 12.8. The largest absolute Gasteiger partial charge is 0.397 e. The summed E-state index contributed by atoms with van der Waals surface area (Å²) in [5, 5.41) is 2.85. The van der Waals surface area contributed by atoms with Crippen LogP contribution in [0.25, 0.3) is 11.2 Å². The number of benzene rings is 2. The first-order valence-corrected chi connectivity index (χ1v) is 13.0. The number of aromatic nitrogens is 4. The Balaban J connectivity index is 1.30. The van der Waals surface area contributed by atoms with Gasteiger partial charge in [-0.05, 0) is 45.0 Å². The van der Waals surface area contributed by atoms with Crippen molar-refractivity contribution >= 4 is 34.3 Å². The van der Waals surface area contributed by atoms with E-state index >= 15 is 0 Å². The third-order valence-electron chi connectivity index (χ3n) is 7.09. The highest BCUT2D eigenvalue weighted by molar-refractivity contribution is 6.06. The highest BCUT2D eigenvalue weighted by atomic mass is 16.8. The van der Waals surface area contributed by atoms with Crippen LogP contribution in [-0.4, -0.2) is 62.6 Å². The van der Waals surface area contributed by atoms with E-state index in [1.54, 1.807) is 30.6 Å². The molecule has 202 valence electrons. The Kier molecular flexibility index (Phi) is 6.42. The van der Waals surface area contributed by atoms with Gasteiger partial charge in [0.15, 0.2) is 29.0 Å². The van der Waals surface area contributed by atoms with Crippen LogP contribution in [0.4, 0.5) is 17.2 Å². The van der Waals surface area contributed by atoms with Gasteiger partial charge in [0.05, 0.1) is 17.7 Å². The van der Waals surface area contributed by atoms with E-state index in [0.717, 1.165) is 12.2 Å². The lowest BCUT2D eigenvalue weighted by molar-refractivity contribution is -0.195. The second kappa shape index (κ2) is 9.92. The van der Waals surface area contributed by atoms with Crippen LogP contribution in [0.15, 0.2) is 67.3 Å². The van der Waals surface area contributed by atoms with Gasteiger partial charge in [0.2, 0.25) is 0 Å². The molecule has 2 aromatic heterocycles. The average molecular weight is 530 g/mol. The molecule has 2 aliphatic heterocycles. The van der Waals surface area contributed by atoms with Gasteiger partial charge in [0, 0.05) is 18.7 Å². The SMILES string of the molecule is CCN(CC1O[C@@H](n2cnc3c(NC(=O)c4ccccc4)ncnc32)C2OC(C)(C)O[C@H]12)c1ccccc1N. The van der Waals surface area contributed by atoms with Crippen molar-refractivity contribution in [3.8, 4) is 0 Å². The summed E-state index contributed by atoms with van der Waals surface area (Å²) in [4.78, 5) is 28.2. The highest BCUT2D eigenvalue weighted by Crippen LogP contribution is 2.44. The van der Waals surface area contributed by atoms with Gasteiger partial charge in [0.25, 0.3) is 5.91 Å². The molecule has 2 unspecified atom stereocenters. The summed E-state index contributed by atoms with van der Waals surface area (Å²) < 4.78 is 21.1. The minimum atomic E-state index is -0.779. The van der Waals surface area contributed by atoms with Crippen LogP contribution in [-0.2, 0) is 14.2 Å². The van der Waals surface area contributed by atoms with E-state index in [0.29, 0.717) is 34.8 Å². The van der Waals surface area contributed by atoms with E-state index in [2.05, 4.69) is 32.1 Å². The normalized spacial score (nSPS) is 23.6. The Morgan fingerprint density at radius 2 is 1.79 bits per heavy atom. The number of fused-ring (bicyclic) bond motifs is 2. The molecule has 1 amide bonds. The molecule has 2 fully saturated rings. The number of carbonyl (C=O) groups excluding carboxylic acids is 1. The van der Waals surface area contributed by atoms with E-state index in [9.17, 15) is 4.79 Å². The first kappa shape index (κ1) is 25.2. The number of rotatable bonds is 7. The van der Waals surface area contributed by atoms with Gasteiger partial charge in [-0.3, -0.25) is 9.36 Å². The molecule has 4 aromatic rings. The van der Waals surface area contributed by atoms with E-state index in [1.807, 2.05) is 48.7 Å². The predicted octanol–water partition coefficient (Wildman–Crippen LogP) is 3.60. The number of hydrogen-bond acceptors (Lipinski definition) is 9. The Morgan fingerprint density at radius 3 is 2.56 bits per heavy atom. The number of likely N-dealkylation sites (N-methyl/N-ethyl adjacent to an activating group) is 1. The third kappa shape index (κ3) is 4.69. The molecule has 0 saturated carbocycles. The minimum absolute atomic E-state index is 0.281. The molecule has 2 aromatic carbocycles. The maximum Gasteiger partial charge on any atom is 0.256 e. The molecule has 4 atom stereocenters. The van der Waals surface area contributed by atoms with E-state index in [1.165, 1.54) is 6.33 Å². The van der Waals surface area contributed by atoms with Crippen molar-refractivity contribution in [2.45, 2.75) is 51.1 Å². The van der Waals surface area contributed by atoms with Crippen LogP contribution < -0.4 is 16.0 Å². The Bertz CT molecular complexity index is 1490. The van der Waals surface area contributed by atoms with Crippen LogP contribution in [0.3, 0.4) is 0 Å². The predicted molar refractivity (Wildman–Crippen MR) is 146 cm³/mol. The van der Waals surface area contributed by atoms with E-state index in [4.69, 9.17) is 19.9 Å². The molecule has 0 spiro atoms. The number of nitrogens with one attached hydrogen (secondary N) is 1. The smallest absolute Gasteiger partial charge is 0.256 e. The summed E-state index contributed by atoms with van der Waals surface area (Å²) in [6.45, 7) is 7.18. The summed E-state index contributed by atoms with van der Waals surface area (Å²) in [6.07, 6.45) is 1.47. The van der Waals surface area contributed by atoms with Crippen LogP contribution in [0.5, 0.6) is 0 Å². The lowest BCUT2D eigenvalue weighted by Gasteiger charge is -2.30. The Labute approximate surface area is 225 Å². The number of carbonyl (C=O) groups is 1. The topological polar surface area (TPSA) is 130 Å². The number of imidazole rings is 1. The fourth-order valence-corrected chi connectivity index (χ4v) is 5.32. The van der Waals surface area contributed by atoms with Crippen molar-refractivity contribution in [1.29, 1.82) is 0 Å². The molecule has 11 heteroatoms. The zero-order valence-corrected chi connectivity index (χ0v) is 22.0. The van der Waals surface area contributed by atoms with E-state index in [-0.39, 0.29) is 18.1 Å². The molecule has 0 radical (unpaired) electrons. The second-order valence-corrected chi connectivity index (χ2v) is 10.1. The fraction of sp³-hybridized carbons (Fsp3) is 0.357. The van der Waals surface area contributed by atoms with Crippen molar-refractivity contribution in [3.63, 3.8) is 0 Å². The van der Waals surface area contributed by atoms with Crippen molar-refractivity contribution < 1.29 is 19.0 Å². The second-order valence-electron chi connectivity index (χ2n) is 10.1. The van der Waals surface area contributed by atoms with Gasteiger partial charge in [-0.25, -0.2) is 15.0 Å². The number of nitrogens with two attached hydrogens (primary N) is 1. The molecule has 2 aliphatic rings. The monoisotopic (exact) mass is 529 g/mol. The summed E-state index contributed by atoms with van der Waals surface area (Å²) in [5.41, 5.74) is 9.42. The lowest BCUT2D eigenvalue weighted by atomic mass is 10.1. The summed E-state index contributed by atoms with van der Waals surface area (Å²) in [7, 11) is 0. The average Bonchev–Trinajstić information content (AvgIpc) is 3.59. The molecular weight excluding hydrogens is 498 g/mol. The number of anilines is 3. The van der Waals surface area contributed by atoms with Gasteiger partial charge in [-0.2, -0.15) is 0 Å². The molecule has 2 saturated heterocycles. The molecule has 3 N–H and O–H groups in total. The van der Waals surface area contributed by atoms with Gasteiger partial charge < -0.3 is 30.2 Å². The number of para-hydroxylation sites is 2. The zero-order valence-electron chi connectivity index (χ0n) is 22.0. The highest BCUT2D eigenvalue weighted by Gasteiger charge is 2.56. The van der Waals surface area contributed by atoms with Crippen molar-refractivity contribution in [2.75, 3.05) is 29.0 Å². The van der Waals surface area contributed by atoms with Gasteiger partial charge in [-0.15, -0.1) is 0 Å². The summed E-state index contributed by atoms with van der Waals surface area (Å²) >= 11 is 0. The number of ether oxygens (including phenoxy) is 3. The Morgan fingerprint density at radius 1 is 1.05 bits per heavy atom. The van der Waals surface area contributed by atoms with Gasteiger partial charge in [-0.1, -0.05) is 30.3 Å². The fourth-order valence-electron chi connectivity index (χ4n) is 5.32. The number of amides is 1. The van der Waals surface area contributed by atoms with Crippen LogP contribution in [0.1, 0.15) is 37.4 Å². The molecule has 0 bridgehead atoms. The van der Waals surface area contributed by atoms with Crippen LogP contribution >= 0.6 is 0 Å². The molecule has 39 heavy (non-hydrogen) atoms. The summed E-state index contributed by atoms with van der Waals surface area (Å²) in [6, 6.07) is 16.7. The molecule has 6 rings (SSSR count). The van der Waals surface area contributed by atoms with Crippen LogP contribution in [0.2, 0.25) is 0 Å². The van der Waals surface area contributed by atoms with E-state index < -0.39 is 18.1 Å². The molecule has 4 heterocycles. The molecule has 0 aliphatic carbocycles. The Hall–Kier alpha value is -4.06. The van der Waals surface area contributed by atoms with Crippen molar-refractivity contribution in [2.24, 2.45) is 0 Å². The number of nitrogen functional groups attached to an aromatic ring is 1. The molecule has 11 nitrogen and oxygen atoms in total. The lowest BCUT2D eigenvalue weighted by Crippen LogP contribution is -2.40. The van der Waals surface area contributed by atoms with Gasteiger partial charge in [0.1, 0.15) is 24.6 Å². The van der Waals surface area contributed by atoms with Crippen molar-refractivity contribution in [1.82, 2.24) is 19.5 Å². The molecular formula is C28H31N7O4. The first-order chi connectivity index (χ1) is 18.8. The van der Waals surface area contributed by atoms with Gasteiger partial charge >= 0.3 is 0 Å². The van der Waals surface area contributed by atoms with Crippen molar-refractivity contribution in [3.05, 3.63) is 72.8 Å². The quantitative estimate of drug-likeness (QED) is 0.345. The number of hydrogen-bond donors (Lipinski definition) is 2. The van der Waals surface area contributed by atoms with Crippen LogP contribution in [0, 0.1) is 0 Å². The minimum Gasteiger partial charge on any atom is -0.397 e. The third-order valence-corrected chi connectivity index (χ3v) is 7.09. The zero-order chi connectivity index (χ0) is 27.1. The standard InChI is InChI=1S/C28H31N7O4/c1-4-34(19-13-9-8-12-18(19)29)14-20-22-23(39-28(2,3)38-22)27(37-20)35-16-32-21-24(30-15-31-25(21)35)33-26(36)17-10-6-5-7-11-17/h5-13,15-16,20,22-23,27H,4,14,29H2,1-3H3,(H,30,31,33,36)/t20?,22-,23?,27-/m1/s1. The number of nitrogens with zero attached hydrogens (tertiary/aromatic N) is 5. The maximum absolute atomic E-state index is 12.8. The first-order valence-electron chi connectivity index (χ1n) is 13.0. The summed E-state index contributed by atoms with van der Waals surface area (Å²) in [5.74, 6) is -0.741.